The van der Waals surface area contributed by atoms with Gasteiger partial charge in [-0.2, -0.15) is 5.26 Å². The Hall–Kier alpha value is -3.14. The van der Waals surface area contributed by atoms with Crippen molar-refractivity contribution < 1.29 is 14.1 Å². The molecule has 0 heterocycles. The van der Waals surface area contributed by atoms with Crippen molar-refractivity contribution in [2.75, 3.05) is 5.73 Å². The molecule has 0 aliphatic heterocycles. The van der Waals surface area contributed by atoms with Gasteiger partial charge in [0.15, 0.2) is 11.6 Å². The first-order valence-corrected chi connectivity index (χ1v) is 5.86. The summed E-state index contributed by atoms with van der Waals surface area (Å²) >= 11 is 0. The van der Waals surface area contributed by atoms with Gasteiger partial charge in [0.05, 0.1) is 16.6 Å². The molecular weight excluding hydrogens is 277 g/mol. The molecule has 106 valence electrons. The van der Waals surface area contributed by atoms with Crippen LogP contribution in [0, 0.1) is 27.3 Å². The van der Waals surface area contributed by atoms with E-state index in [1.54, 1.807) is 0 Å². The average Bonchev–Trinajstić information content (AvgIpc) is 2.47. The highest BCUT2D eigenvalue weighted by Crippen LogP contribution is 2.23. The predicted octanol–water partition coefficient (Wildman–Crippen LogP) is 2.77. The summed E-state index contributed by atoms with van der Waals surface area (Å²) in [5.41, 5.74) is 6.45. The van der Waals surface area contributed by atoms with E-state index in [1.807, 2.05) is 6.07 Å². The van der Waals surface area contributed by atoms with E-state index < -0.39 is 10.7 Å². The number of nitro benzene ring substituents is 1. The summed E-state index contributed by atoms with van der Waals surface area (Å²) < 4.78 is 18.9. The molecule has 0 bridgehead atoms. The molecular formula is C14H10FN3O3. The summed E-state index contributed by atoms with van der Waals surface area (Å²) in [6.07, 6.45) is 0. The Kier molecular flexibility index (Phi) is 4.00. The molecule has 0 amide bonds. The van der Waals surface area contributed by atoms with Crippen LogP contribution in [0.4, 0.5) is 15.8 Å². The third-order valence-corrected chi connectivity index (χ3v) is 2.78. The molecule has 0 atom stereocenters. The standard InChI is InChI=1S/C14H10FN3O3/c15-12-5-9(7-16)1-4-14(12)21-8-10-6-11(18(19)20)2-3-13(10)17/h1-6H,8,17H2. The quantitative estimate of drug-likeness (QED) is 0.529. The van der Waals surface area contributed by atoms with Gasteiger partial charge in [0.2, 0.25) is 0 Å². The number of hydrogen-bond donors (Lipinski definition) is 1. The molecule has 0 aromatic heterocycles. The maximum Gasteiger partial charge on any atom is 0.269 e. The Morgan fingerprint density at radius 1 is 1.33 bits per heavy atom. The van der Waals surface area contributed by atoms with E-state index in [0.717, 1.165) is 6.07 Å². The molecule has 0 radical (unpaired) electrons. The zero-order chi connectivity index (χ0) is 15.4. The van der Waals surface area contributed by atoms with E-state index in [-0.39, 0.29) is 23.6 Å². The first kappa shape index (κ1) is 14.3. The molecule has 0 aliphatic carbocycles. The van der Waals surface area contributed by atoms with E-state index in [2.05, 4.69) is 0 Å². The molecule has 0 aliphatic rings. The van der Waals surface area contributed by atoms with E-state index in [9.17, 15) is 14.5 Å². The maximum absolute atomic E-state index is 13.6. The van der Waals surface area contributed by atoms with E-state index in [0.29, 0.717) is 11.3 Å². The Balaban J connectivity index is 2.18. The van der Waals surface area contributed by atoms with Crippen molar-refractivity contribution in [3.05, 3.63) is 63.5 Å². The first-order valence-electron chi connectivity index (χ1n) is 5.86. The minimum Gasteiger partial charge on any atom is -0.486 e. The van der Waals surface area contributed by atoms with Crippen LogP contribution in [0.15, 0.2) is 36.4 Å². The number of nitrogen functional groups attached to an aromatic ring is 1. The normalized spacial score (nSPS) is 9.90. The number of ether oxygens (including phenoxy) is 1. The van der Waals surface area contributed by atoms with Crippen LogP contribution in [-0.2, 0) is 6.61 Å². The lowest BCUT2D eigenvalue weighted by molar-refractivity contribution is -0.384. The fourth-order valence-corrected chi connectivity index (χ4v) is 1.67. The molecule has 0 unspecified atom stereocenters. The van der Waals surface area contributed by atoms with E-state index in [4.69, 9.17) is 15.7 Å². The number of nitro groups is 1. The van der Waals surface area contributed by atoms with Gasteiger partial charge in [0, 0.05) is 23.4 Å². The number of rotatable bonds is 4. The molecule has 2 aromatic rings. The third-order valence-electron chi connectivity index (χ3n) is 2.78. The molecule has 2 N–H and O–H groups in total. The van der Waals surface area contributed by atoms with Crippen LogP contribution in [0.25, 0.3) is 0 Å². The van der Waals surface area contributed by atoms with Gasteiger partial charge in [0.25, 0.3) is 5.69 Å². The van der Waals surface area contributed by atoms with Crippen molar-refractivity contribution in [3.8, 4) is 11.8 Å². The molecule has 2 rings (SSSR count). The molecule has 2 aromatic carbocycles. The number of nitrogens with two attached hydrogens (primary N) is 1. The monoisotopic (exact) mass is 287 g/mol. The summed E-state index contributed by atoms with van der Waals surface area (Å²) in [6, 6.07) is 9.54. The number of nitriles is 1. The van der Waals surface area contributed by atoms with E-state index >= 15 is 0 Å². The van der Waals surface area contributed by atoms with Crippen molar-refractivity contribution in [1.82, 2.24) is 0 Å². The van der Waals surface area contributed by atoms with Crippen molar-refractivity contribution >= 4 is 11.4 Å². The zero-order valence-electron chi connectivity index (χ0n) is 10.7. The smallest absolute Gasteiger partial charge is 0.269 e. The summed E-state index contributed by atoms with van der Waals surface area (Å²) in [6.45, 7) is -0.115. The SMILES string of the molecule is N#Cc1ccc(OCc2cc([N+](=O)[O-])ccc2N)c(F)c1. The number of anilines is 1. The van der Waals surface area contributed by atoms with Crippen LogP contribution in [-0.4, -0.2) is 4.92 Å². The maximum atomic E-state index is 13.6. The highest BCUT2D eigenvalue weighted by atomic mass is 19.1. The number of non-ortho nitro benzene ring substituents is 1. The second-order valence-electron chi connectivity index (χ2n) is 4.19. The molecule has 0 spiro atoms. The van der Waals surface area contributed by atoms with Crippen molar-refractivity contribution in [2.45, 2.75) is 6.61 Å². The predicted molar refractivity (Wildman–Crippen MR) is 73.0 cm³/mol. The Bertz CT molecular complexity index is 741. The second-order valence-corrected chi connectivity index (χ2v) is 4.19. The van der Waals surface area contributed by atoms with Crippen LogP contribution < -0.4 is 10.5 Å². The summed E-state index contributed by atoms with van der Waals surface area (Å²) in [5.74, 6) is -0.738. The summed E-state index contributed by atoms with van der Waals surface area (Å²) in [5, 5.41) is 19.3. The van der Waals surface area contributed by atoms with Crippen LogP contribution >= 0.6 is 0 Å². The van der Waals surface area contributed by atoms with Gasteiger partial charge in [0.1, 0.15) is 6.61 Å². The molecule has 6 nitrogen and oxygen atoms in total. The van der Waals surface area contributed by atoms with Gasteiger partial charge < -0.3 is 10.5 Å². The van der Waals surface area contributed by atoms with Crippen molar-refractivity contribution in [3.63, 3.8) is 0 Å². The average molecular weight is 287 g/mol. The molecule has 7 heteroatoms. The van der Waals surface area contributed by atoms with Gasteiger partial charge in [-0.15, -0.1) is 0 Å². The van der Waals surface area contributed by atoms with Gasteiger partial charge in [-0.25, -0.2) is 4.39 Å². The lowest BCUT2D eigenvalue weighted by Gasteiger charge is -2.09. The lowest BCUT2D eigenvalue weighted by atomic mass is 10.1. The van der Waals surface area contributed by atoms with Crippen molar-refractivity contribution in [1.29, 1.82) is 5.26 Å². The van der Waals surface area contributed by atoms with Crippen molar-refractivity contribution in [2.24, 2.45) is 0 Å². The molecule has 0 saturated carbocycles. The number of hydrogen-bond acceptors (Lipinski definition) is 5. The number of benzene rings is 2. The lowest BCUT2D eigenvalue weighted by Crippen LogP contribution is -2.02. The van der Waals surface area contributed by atoms with Gasteiger partial charge >= 0.3 is 0 Å². The van der Waals surface area contributed by atoms with Crippen LogP contribution in [0.3, 0.4) is 0 Å². The fraction of sp³-hybridized carbons (Fsp3) is 0.0714. The Labute approximate surface area is 119 Å². The van der Waals surface area contributed by atoms with E-state index in [1.165, 1.54) is 30.3 Å². The van der Waals surface area contributed by atoms with Gasteiger partial charge in [-0.1, -0.05) is 0 Å². The highest BCUT2D eigenvalue weighted by Gasteiger charge is 2.11. The second kappa shape index (κ2) is 5.88. The van der Waals surface area contributed by atoms with Crippen LogP contribution in [0.1, 0.15) is 11.1 Å². The Morgan fingerprint density at radius 2 is 2.10 bits per heavy atom. The number of halogens is 1. The van der Waals surface area contributed by atoms with Crippen LogP contribution in [0.5, 0.6) is 5.75 Å². The molecule has 0 fully saturated rings. The first-order chi connectivity index (χ1) is 10.0. The van der Waals surface area contributed by atoms with Gasteiger partial charge in [-0.3, -0.25) is 10.1 Å². The Morgan fingerprint density at radius 3 is 2.71 bits per heavy atom. The largest absolute Gasteiger partial charge is 0.486 e. The zero-order valence-corrected chi connectivity index (χ0v) is 10.7. The summed E-state index contributed by atoms with van der Waals surface area (Å²) in [4.78, 5) is 10.1. The molecule has 0 saturated heterocycles. The molecule has 21 heavy (non-hydrogen) atoms. The highest BCUT2D eigenvalue weighted by molar-refractivity contribution is 5.52. The number of nitrogens with zero attached hydrogens (tertiary/aromatic N) is 2. The topological polar surface area (TPSA) is 102 Å². The fourth-order valence-electron chi connectivity index (χ4n) is 1.67. The third kappa shape index (κ3) is 3.25. The van der Waals surface area contributed by atoms with Crippen LogP contribution in [0.2, 0.25) is 0 Å². The minimum absolute atomic E-state index is 0.0556. The van der Waals surface area contributed by atoms with Gasteiger partial charge in [-0.05, 0) is 24.3 Å². The summed E-state index contributed by atoms with van der Waals surface area (Å²) in [7, 11) is 0. The minimum atomic E-state index is -0.682.